The summed E-state index contributed by atoms with van der Waals surface area (Å²) in [5.74, 6) is 0.245. The molecule has 5 heteroatoms. The monoisotopic (exact) mass is 441 g/mol. The average molecular weight is 442 g/mol. The minimum Gasteiger partial charge on any atom is -0.348 e. The Morgan fingerprint density at radius 3 is 2.15 bits per heavy atom. The molecular weight excluding hydrogens is 410 g/mol. The van der Waals surface area contributed by atoms with E-state index in [1.54, 1.807) is 17.3 Å². The number of likely N-dealkylation sites (tertiary alicyclic amines) is 1. The van der Waals surface area contributed by atoms with Crippen molar-refractivity contribution in [3.8, 4) is 11.1 Å². The fourth-order valence-electron chi connectivity index (χ4n) is 4.75. The van der Waals surface area contributed by atoms with Crippen molar-refractivity contribution in [1.29, 1.82) is 0 Å². The molecule has 3 aromatic rings. The van der Waals surface area contributed by atoms with E-state index >= 15 is 0 Å². The van der Waals surface area contributed by atoms with E-state index in [1.165, 1.54) is 11.1 Å². The van der Waals surface area contributed by atoms with Crippen LogP contribution < -0.4 is 0 Å². The first-order valence-electron chi connectivity index (χ1n) is 11.5. The summed E-state index contributed by atoms with van der Waals surface area (Å²) in [5.41, 5.74) is 3.94. The number of hydrogen-bond donors (Lipinski definition) is 0. The largest absolute Gasteiger partial charge is 0.348 e. The summed E-state index contributed by atoms with van der Waals surface area (Å²) < 4.78 is 0. The standard InChI is InChI=1S/C28H31N3O2/c1-30(2)27(33)28(20-22-10-12-25(13-11-22)24-8-4-3-5-9-24)14-17-31(18-15-28)26(32)19-23-7-6-16-29-21-23/h3-13,16,21H,14-15,17-20H2,1-2H3. The molecule has 0 saturated carbocycles. The molecule has 1 aromatic heterocycles. The van der Waals surface area contributed by atoms with Crippen LogP contribution in [0.3, 0.4) is 0 Å². The molecule has 2 amide bonds. The molecule has 0 N–H and O–H groups in total. The van der Waals surface area contributed by atoms with E-state index in [2.05, 4.69) is 41.4 Å². The lowest BCUT2D eigenvalue weighted by molar-refractivity contribution is -0.146. The zero-order chi connectivity index (χ0) is 23.3. The number of carbonyl (C=O) groups is 2. The highest BCUT2D eigenvalue weighted by Crippen LogP contribution is 2.37. The second-order valence-corrected chi connectivity index (χ2v) is 9.14. The van der Waals surface area contributed by atoms with Crippen LogP contribution in [0.4, 0.5) is 0 Å². The summed E-state index contributed by atoms with van der Waals surface area (Å²) in [6.45, 7) is 1.20. The highest BCUT2D eigenvalue weighted by Gasteiger charge is 2.43. The Bertz CT molecular complexity index is 1070. The summed E-state index contributed by atoms with van der Waals surface area (Å²) in [7, 11) is 3.64. The Balaban J connectivity index is 1.46. The van der Waals surface area contributed by atoms with Gasteiger partial charge in [-0.2, -0.15) is 0 Å². The van der Waals surface area contributed by atoms with E-state index in [-0.39, 0.29) is 11.8 Å². The zero-order valence-corrected chi connectivity index (χ0v) is 19.4. The van der Waals surface area contributed by atoms with Crippen LogP contribution in [0.25, 0.3) is 11.1 Å². The lowest BCUT2D eigenvalue weighted by Crippen LogP contribution is -2.51. The van der Waals surface area contributed by atoms with Crippen molar-refractivity contribution in [3.05, 3.63) is 90.3 Å². The van der Waals surface area contributed by atoms with Gasteiger partial charge in [0.25, 0.3) is 0 Å². The lowest BCUT2D eigenvalue weighted by Gasteiger charge is -2.42. The van der Waals surface area contributed by atoms with Crippen LogP contribution >= 0.6 is 0 Å². The van der Waals surface area contributed by atoms with Crippen LogP contribution in [0.5, 0.6) is 0 Å². The van der Waals surface area contributed by atoms with Gasteiger partial charge in [0.1, 0.15) is 0 Å². The van der Waals surface area contributed by atoms with Gasteiger partial charge in [-0.1, -0.05) is 60.7 Å². The summed E-state index contributed by atoms with van der Waals surface area (Å²) in [6, 6.07) is 22.6. The van der Waals surface area contributed by atoms with Gasteiger partial charge in [0.05, 0.1) is 11.8 Å². The first-order valence-corrected chi connectivity index (χ1v) is 11.5. The van der Waals surface area contributed by atoms with Gasteiger partial charge in [0.15, 0.2) is 0 Å². The van der Waals surface area contributed by atoms with Gasteiger partial charge in [-0.15, -0.1) is 0 Å². The molecule has 5 nitrogen and oxygen atoms in total. The van der Waals surface area contributed by atoms with Crippen LogP contribution in [-0.2, 0) is 22.4 Å². The second kappa shape index (κ2) is 9.99. The number of piperidine rings is 1. The highest BCUT2D eigenvalue weighted by atomic mass is 16.2. The smallest absolute Gasteiger partial charge is 0.228 e. The fourth-order valence-corrected chi connectivity index (χ4v) is 4.75. The number of aromatic nitrogens is 1. The third kappa shape index (κ3) is 5.30. The first-order chi connectivity index (χ1) is 16.0. The van der Waals surface area contributed by atoms with Crippen LogP contribution in [0.15, 0.2) is 79.1 Å². The maximum atomic E-state index is 13.3. The molecule has 33 heavy (non-hydrogen) atoms. The zero-order valence-electron chi connectivity index (χ0n) is 19.4. The van der Waals surface area contributed by atoms with Gasteiger partial charge in [0.2, 0.25) is 11.8 Å². The van der Waals surface area contributed by atoms with Gasteiger partial charge in [-0.3, -0.25) is 14.6 Å². The Labute approximate surface area is 196 Å². The van der Waals surface area contributed by atoms with Crippen molar-refractivity contribution in [2.24, 2.45) is 5.41 Å². The summed E-state index contributed by atoms with van der Waals surface area (Å²) >= 11 is 0. The van der Waals surface area contributed by atoms with Crippen LogP contribution in [0, 0.1) is 5.41 Å². The van der Waals surface area contributed by atoms with Crippen molar-refractivity contribution >= 4 is 11.8 Å². The molecule has 1 aliphatic heterocycles. The number of benzene rings is 2. The maximum Gasteiger partial charge on any atom is 0.228 e. The number of rotatable bonds is 6. The molecule has 1 aliphatic rings. The van der Waals surface area contributed by atoms with Gasteiger partial charge < -0.3 is 9.80 Å². The second-order valence-electron chi connectivity index (χ2n) is 9.14. The minimum atomic E-state index is -0.483. The third-order valence-corrected chi connectivity index (χ3v) is 6.61. The van der Waals surface area contributed by atoms with Gasteiger partial charge >= 0.3 is 0 Å². The van der Waals surface area contributed by atoms with Crippen molar-refractivity contribution in [2.75, 3.05) is 27.2 Å². The van der Waals surface area contributed by atoms with E-state index in [4.69, 9.17) is 0 Å². The topological polar surface area (TPSA) is 53.5 Å². The molecule has 0 aliphatic carbocycles. The van der Waals surface area contributed by atoms with Crippen molar-refractivity contribution in [1.82, 2.24) is 14.8 Å². The van der Waals surface area contributed by atoms with Gasteiger partial charge in [-0.25, -0.2) is 0 Å². The molecule has 1 saturated heterocycles. The highest BCUT2D eigenvalue weighted by molar-refractivity contribution is 5.84. The lowest BCUT2D eigenvalue weighted by atomic mass is 9.72. The molecule has 0 radical (unpaired) electrons. The molecule has 1 fully saturated rings. The molecule has 0 unspecified atom stereocenters. The molecule has 0 atom stereocenters. The number of pyridine rings is 1. The predicted octanol–water partition coefficient (Wildman–Crippen LogP) is 4.23. The predicted molar refractivity (Wildman–Crippen MR) is 130 cm³/mol. The minimum absolute atomic E-state index is 0.0983. The van der Waals surface area contributed by atoms with Gasteiger partial charge in [0, 0.05) is 39.6 Å². The quantitative estimate of drug-likeness (QED) is 0.575. The fraction of sp³-hybridized carbons (Fsp3) is 0.321. The Morgan fingerprint density at radius 1 is 0.879 bits per heavy atom. The molecule has 2 heterocycles. The third-order valence-electron chi connectivity index (χ3n) is 6.61. The van der Waals surface area contributed by atoms with E-state index in [1.807, 2.05) is 49.3 Å². The first kappa shape index (κ1) is 22.7. The van der Waals surface area contributed by atoms with Crippen LogP contribution in [0.2, 0.25) is 0 Å². The summed E-state index contributed by atoms with van der Waals surface area (Å²) in [4.78, 5) is 33.8. The summed E-state index contributed by atoms with van der Waals surface area (Å²) in [5, 5.41) is 0. The number of amides is 2. The van der Waals surface area contributed by atoms with Crippen molar-refractivity contribution in [2.45, 2.75) is 25.7 Å². The van der Waals surface area contributed by atoms with E-state index in [0.29, 0.717) is 38.8 Å². The molecule has 0 spiro atoms. The SMILES string of the molecule is CN(C)C(=O)C1(Cc2ccc(-c3ccccc3)cc2)CCN(C(=O)Cc2cccnc2)CC1. The van der Waals surface area contributed by atoms with Gasteiger partial charge in [-0.05, 0) is 47.6 Å². The Hall–Kier alpha value is -3.47. The van der Waals surface area contributed by atoms with E-state index in [0.717, 1.165) is 11.1 Å². The number of nitrogens with zero attached hydrogens (tertiary/aromatic N) is 3. The van der Waals surface area contributed by atoms with E-state index < -0.39 is 5.41 Å². The number of hydrogen-bond acceptors (Lipinski definition) is 3. The summed E-state index contributed by atoms with van der Waals surface area (Å²) in [6.07, 6.45) is 5.82. The maximum absolute atomic E-state index is 13.3. The molecule has 2 aromatic carbocycles. The normalized spacial score (nSPS) is 15.2. The van der Waals surface area contributed by atoms with Crippen molar-refractivity contribution < 1.29 is 9.59 Å². The Morgan fingerprint density at radius 2 is 1.55 bits per heavy atom. The average Bonchev–Trinajstić information content (AvgIpc) is 2.85. The molecule has 170 valence electrons. The Kier molecular flexibility index (Phi) is 6.87. The number of carbonyl (C=O) groups excluding carboxylic acids is 2. The van der Waals surface area contributed by atoms with Crippen LogP contribution in [0.1, 0.15) is 24.0 Å². The van der Waals surface area contributed by atoms with Crippen molar-refractivity contribution in [3.63, 3.8) is 0 Å². The molecular formula is C28H31N3O2. The molecule has 0 bridgehead atoms. The van der Waals surface area contributed by atoms with E-state index in [9.17, 15) is 9.59 Å². The van der Waals surface area contributed by atoms with Crippen LogP contribution in [-0.4, -0.2) is 53.8 Å². The molecule has 4 rings (SSSR count).